The Balaban J connectivity index is 0.00000192. The van der Waals surface area contributed by atoms with Gasteiger partial charge < -0.3 is 15.0 Å². The molecular formula is C22H22ClN3O2. The van der Waals surface area contributed by atoms with Gasteiger partial charge in [0.05, 0.1) is 5.69 Å². The number of aromatic hydroxyl groups is 1. The van der Waals surface area contributed by atoms with E-state index in [0.717, 1.165) is 53.9 Å². The van der Waals surface area contributed by atoms with Gasteiger partial charge in [-0.2, -0.15) is 0 Å². The summed E-state index contributed by atoms with van der Waals surface area (Å²) >= 11 is 0. The number of phenolic OH excluding ortho intramolecular Hbond substituents is 1. The predicted octanol–water partition coefficient (Wildman–Crippen LogP) is 4.21. The summed E-state index contributed by atoms with van der Waals surface area (Å²) in [4.78, 5) is 22.9. The largest absolute Gasteiger partial charge is 0.508 e. The standard InChI is InChI=1S/C22H21N3O2.ClH/c26-15-11-9-14(10-12-15)17-13-25(20-8-4-1-5-16(17)20)22(27)21-23-18-6-2-3-7-19(18)24-21;/h1,4-5,8-12,17,26H,2-3,6-7,13H2,(H,23,24);1H. The van der Waals surface area contributed by atoms with Crippen LogP contribution in [0, 0.1) is 0 Å². The Bertz CT molecular complexity index is 989. The number of amides is 1. The summed E-state index contributed by atoms with van der Waals surface area (Å²) in [5.41, 5.74) is 5.33. The molecule has 0 radical (unpaired) electrons. The molecule has 5 rings (SSSR count). The van der Waals surface area contributed by atoms with E-state index < -0.39 is 0 Å². The van der Waals surface area contributed by atoms with Crippen LogP contribution in [-0.4, -0.2) is 27.5 Å². The zero-order valence-electron chi connectivity index (χ0n) is 15.4. The number of aromatic nitrogens is 2. The van der Waals surface area contributed by atoms with E-state index in [-0.39, 0.29) is 30.0 Å². The van der Waals surface area contributed by atoms with Crippen molar-refractivity contribution in [1.29, 1.82) is 0 Å². The molecule has 3 aromatic rings. The number of benzene rings is 2. The van der Waals surface area contributed by atoms with Crippen LogP contribution < -0.4 is 4.90 Å². The van der Waals surface area contributed by atoms with Crippen LogP contribution in [0.3, 0.4) is 0 Å². The van der Waals surface area contributed by atoms with Crippen LogP contribution >= 0.6 is 12.4 Å². The quantitative estimate of drug-likeness (QED) is 0.683. The topological polar surface area (TPSA) is 69.2 Å². The summed E-state index contributed by atoms with van der Waals surface area (Å²) in [6, 6.07) is 15.3. The van der Waals surface area contributed by atoms with Crippen molar-refractivity contribution in [3.8, 4) is 5.75 Å². The van der Waals surface area contributed by atoms with Gasteiger partial charge in [0, 0.05) is 23.8 Å². The molecule has 2 aliphatic rings. The Kier molecular flexibility index (Phi) is 4.85. The first-order valence-corrected chi connectivity index (χ1v) is 9.48. The summed E-state index contributed by atoms with van der Waals surface area (Å²) in [7, 11) is 0. The Labute approximate surface area is 169 Å². The van der Waals surface area contributed by atoms with E-state index >= 15 is 0 Å². The number of aryl methyl sites for hydroxylation is 2. The van der Waals surface area contributed by atoms with Crippen molar-refractivity contribution in [1.82, 2.24) is 9.97 Å². The molecule has 0 saturated heterocycles. The molecule has 6 heteroatoms. The highest BCUT2D eigenvalue weighted by molar-refractivity contribution is 6.05. The third-order valence-electron chi connectivity index (χ3n) is 5.67. The lowest BCUT2D eigenvalue weighted by Crippen LogP contribution is -2.31. The minimum atomic E-state index is -0.0712. The van der Waals surface area contributed by atoms with Gasteiger partial charge in [-0.3, -0.25) is 4.79 Å². The molecule has 0 saturated carbocycles. The van der Waals surface area contributed by atoms with Crippen LogP contribution in [0.1, 0.15) is 51.9 Å². The maximum Gasteiger partial charge on any atom is 0.294 e. The Morgan fingerprint density at radius 2 is 1.82 bits per heavy atom. The van der Waals surface area contributed by atoms with Crippen LogP contribution in [0.15, 0.2) is 48.5 Å². The van der Waals surface area contributed by atoms with E-state index in [4.69, 9.17) is 0 Å². The number of nitrogens with one attached hydrogen (secondary N) is 1. The SMILES string of the molecule is Cl.O=C(c1nc2c([nH]1)CCCC2)N1CC(c2ccc(O)cc2)c2ccccc21. The molecule has 1 aliphatic heterocycles. The predicted molar refractivity (Wildman–Crippen MR) is 111 cm³/mol. The van der Waals surface area contributed by atoms with E-state index in [9.17, 15) is 9.90 Å². The second-order valence-corrected chi connectivity index (χ2v) is 7.34. The average molecular weight is 396 g/mol. The number of hydrogen-bond acceptors (Lipinski definition) is 3. The van der Waals surface area contributed by atoms with Crippen molar-refractivity contribution in [3.05, 3.63) is 76.9 Å². The Morgan fingerprint density at radius 1 is 1.07 bits per heavy atom. The number of rotatable bonds is 2. The third-order valence-corrected chi connectivity index (χ3v) is 5.67. The number of carbonyl (C=O) groups is 1. The third kappa shape index (κ3) is 3.06. The number of nitrogens with zero attached hydrogens (tertiary/aromatic N) is 2. The van der Waals surface area contributed by atoms with Crippen LogP contribution in [0.4, 0.5) is 5.69 Å². The fourth-order valence-electron chi connectivity index (χ4n) is 4.27. The summed E-state index contributed by atoms with van der Waals surface area (Å²) in [5.74, 6) is 0.718. The van der Waals surface area contributed by atoms with E-state index in [2.05, 4.69) is 16.0 Å². The van der Waals surface area contributed by atoms with Crippen LogP contribution in [0.5, 0.6) is 5.75 Å². The molecule has 1 unspecified atom stereocenters. The van der Waals surface area contributed by atoms with Gasteiger partial charge in [0.15, 0.2) is 5.82 Å². The second kappa shape index (κ2) is 7.32. The number of fused-ring (bicyclic) bond motifs is 2. The first kappa shape index (κ1) is 18.6. The van der Waals surface area contributed by atoms with Crippen molar-refractivity contribution in [2.75, 3.05) is 11.4 Å². The van der Waals surface area contributed by atoms with Gasteiger partial charge in [-0.15, -0.1) is 12.4 Å². The van der Waals surface area contributed by atoms with Gasteiger partial charge >= 0.3 is 0 Å². The van der Waals surface area contributed by atoms with Gasteiger partial charge in [-0.1, -0.05) is 30.3 Å². The first-order valence-electron chi connectivity index (χ1n) is 9.48. The second-order valence-electron chi connectivity index (χ2n) is 7.34. The molecule has 1 aromatic heterocycles. The monoisotopic (exact) mass is 395 g/mol. The Morgan fingerprint density at radius 3 is 2.61 bits per heavy atom. The van der Waals surface area contributed by atoms with Crippen molar-refractivity contribution < 1.29 is 9.90 Å². The molecule has 28 heavy (non-hydrogen) atoms. The fraction of sp³-hybridized carbons (Fsp3) is 0.273. The molecule has 0 bridgehead atoms. The van der Waals surface area contributed by atoms with Gasteiger partial charge in [-0.05, 0) is 55.0 Å². The molecule has 5 nitrogen and oxygen atoms in total. The molecule has 1 atom stereocenters. The zero-order chi connectivity index (χ0) is 18.4. The Hall–Kier alpha value is -2.79. The van der Waals surface area contributed by atoms with E-state index in [1.807, 2.05) is 35.2 Å². The van der Waals surface area contributed by atoms with Crippen molar-refractivity contribution in [2.24, 2.45) is 0 Å². The smallest absolute Gasteiger partial charge is 0.294 e. The fourth-order valence-corrected chi connectivity index (χ4v) is 4.27. The van der Waals surface area contributed by atoms with Gasteiger partial charge in [0.1, 0.15) is 5.75 Å². The number of imidazole rings is 1. The lowest BCUT2D eigenvalue weighted by atomic mass is 9.93. The van der Waals surface area contributed by atoms with Crippen LogP contribution in [0.2, 0.25) is 0 Å². The first-order chi connectivity index (χ1) is 13.2. The number of hydrogen-bond donors (Lipinski definition) is 2. The lowest BCUT2D eigenvalue weighted by Gasteiger charge is -2.16. The number of anilines is 1. The average Bonchev–Trinajstić information content (AvgIpc) is 3.30. The number of halogens is 1. The molecule has 1 amide bonds. The highest BCUT2D eigenvalue weighted by Crippen LogP contribution is 2.40. The number of phenols is 1. The molecular weight excluding hydrogens is 374 g/mol. The van der Waals surface area contributed by atoms with Crippen molar-refractivity contribution in [2.45, 2.75) is 31.6 Å². The maximum atomic E-state index is 13.3. The molecule has 1 aliphatic carbocycles. The summed E-state index contributed by atoms with van der Waals surface area (Å²) in [5, 5.41) is 9.59. The van der Waals surface area contributed by atoms with Gasteiger partial charge in [0.2, 0.25) is 0 Å². The van der Waals surface area contributed by atoms with E-state index in [0.29, 0.717) is 12.4 Å². The molecule has 144 valence electrons. The molecule has 0 fully saturated rings. The highest BCUT2D eigenvalue weighted by Gasteiger charge is 2.35. The molecule has 0 spiro atoms. The molecule has 2 heterocycles. The summed E-state index contributed by atoms with van der Waals surface area (Å²) in [6.45, 7) is 0.578. The van der Waals surface area contributed by atoms with Gasteiger partial charge in [0.25, 0.3) is 5.91 Å². The van der Waals surface area contributed by atoms with E-state index in [1.54, 1.807) is 12.1 Å². The minimum Gasteiger partial charge on any atom is -0.508 e. The highest BCUT2D eigenvalue weighted by atomic mass is 35.5. The maximum absolute atomic E-state index is 13.3. The molecule has 2 N–H and O–H groups in total. The number of carbonyl (C=O) groups excluding carboxylic acids is 1. The summed E-state index contributed by atoms with van der Waals surface area (Å²) < 4.78 is 0. The lowest BCUT2D eigenvalue weighted by molar-refractivity contribution is 0.0979. The molecule has 2 aromatic carbocycles. The van der Waals surface area contributed by atoms with Crippen LogP contribution in [0.25, 0.3) is 0 Å². The normalized spacial score (nSPS) is 17.6. The number of para-hydroxylation sites is 1. The van der Waals surface area contributed by atoms with E-state index in [1.165, 1.54) is 0 Å². The zero-order valence-corrected chi connectivity index (χ0v) is 16.2. The van der Waals surface area contributed by atoms with Crippen molar-refractivity contribution in [3.63, 3.8) is 0 Å². The number of H-pyrrole nitrogens is 1. The van der Waals surface area contributed by atoms with Crippen molar-refractivity contribution >= 4 is 24.0 Å². The number of aromatic amines is 1. The van der Waals surface area contributed by atoms with Gasteiger partial charge in [-0.25, -0.2) is 4.98 Å². The minimum absolute atomic E-state index is 0. The van der Waals surface area contributed by atoms with Crippen LogP contribution in [-0.2, 0) is 12.8 Å². The summed E-state index contributed by atoms with van der Waals surface area (Å²) in [6.07, 6.45) is 4.22.